The number of likely N-dealkylation sites (N-methyl/N-ethyl adjacent to an activating group) is 1. The summed E-state index contributed by atoms with van der Waals surface area (Å²) < 4.78 is 8.76. The van der Waals surface area contributed by atoms with E-state index in [0.29, 0.717) is 34.1 Å². The number of pyridine rings is 1. The third-order valence-electron chi connectivity index (χ3n) is 7.36. The van der Waals surface area contributed by atoms with Crippen molar-refractivity contribution in [2.75, 3.05) is 29.9 Å². The molecule has 4 aromatic rings. The molecule has 1 saturated heterocycles. The number of nitrogens with zero attached hydrogens (tertiary/aromatic N) is 4. The molecule has 0 aliphatic carbocycles. The van der Waals surface area contributed by atoms with Gasteiger partial charge < -0.3 is 19.9 Å². The molecule has 2 aromatic heterocycles. The van der Waals surface area contributed by atoms with Gasteiger partial charge in [-0.25, -0.2) is 4.98 Å². The van der Waals surface area contributed by atoms with Crippen molar-refractivity contribution >= 4 is 80.0 Å². The minimum atomic E-state index is -0.423. The van der Waals surface area contributed by atoms with Crippen LogP contribution < -0.4 is 19.9 Å². The number of imidazole rings is 1. The minimum Gasteiger partial charge on any atom is -0.485 e. The van der Waals surface area contributed by atoms with Crippen molar-refractivity contribution in [3.8, 4) is 5.75 Å². The summed E-state index contributed by atoms with van der Waals surface area (Å²) in [7, 11) is 1.57. The third-order valence-corrected chi connectivity index (χ3v) is 9.09. The maximum absolute atomic E-state index is 13.0. The van der Waals surface area contributed by atoms with Gasteiger partial charge in [0.1, 0.15) is 11.2 Å². The second-order valence-electron chi connectivity index (χ2n) is 10.3. The number of benzene rings is 2. The monoisotopic (exact) mass is 697 g/mol. The second kappa shape index (κ2) is 13.8. The Bertz CT molecular complexity index is 1760. The molecule has 12 heteroatoms. The fourth-order valence-electron chi connectivity index (χ4n) is 4.86. The van der Waals surface area contributed by atoms with E-state index in [-0.39, 0.29) is 30.0 Å². The molecule has 0 atom stereocenters. The summed E-state index contributed by atoms with van der Waals surface area (Å²) in [5.74, 6) is -0.119. The van der Waals surface area contributed by atoms with Gasteiger partial charge in [0, 0.05) is 48.6 Å². The number of anilines is 2. The number of amides is 3. The molecule has 2 aromatic carbocycles. The highest BCUT2D eigenvalue weighted by Gasteiger charge is 2.21. The Balaban J connectivity index is 1.18. The van der Waals surface area contributed by atoms with Crippen molar-refractivity contribution in [3.63, 3.8) is 0 Å². The van der Waals surface area contributed by atoms with Gasteiger partial charge in [-0.2, -0.15) is 0 Å². The molecule has 3 amide bonds. The largest absolute Gasteiger partial charge is 0.485 e. The zero-order valence-electron chi connectivity index (χ0n) is 24.1. The van der Waals surface area contributed by atoms with E-state index in [2.05, 4.69) is 26.2 Å². The van der Waals surface area contributed by atoms with Crippen LogP contribution in [0.5, 0.6) is 5.75 Å². The topological polar surface area (TPSA) is 96.2 Å². The van der Waals surface area contributed by atoms with Crippen LogP contribution >= 0.6 is 39.1 Å². The third kappa shape index (κ3) is 6.93. The van der Waals surface area contributed by atoms with Gasteiger partial charge >= 0.3 is 0 Å². The first-order valence-electron chi connectivity index (χ1n) is 14.0. The lowest BCUT2D eigenvalue weighted by atomic mass is 10.1. The van der Waals surface area contributed by atoms with Crippen LogP contribution in [0.25, 0.3) is 11.7 Å². The summed E-state index contributed by atoms with van der Waals surface area (Å²) in [5.41, 5.74) is 4.04. The average Bonchev–Trinajstić information content (AvgIpc) is 3.32. The van der Waals surface area contributed by atoms with E-state index in [1.807, 2.05) is 47.9 Å². The zero-order chi connectivity index (χ0) is 31.4. The molecule has 1 aliphatic heterocycles. The number of halogens is 3. The van der Waals surface area contributed by atoms with Crippen molar-refractivity contribution in [3.05, 3.63) is 92.3 Å². The summed E-state index contributed by atoms with van der Waals surface area (Å²) >= 11 is 16.7. The number of aromatic nitrogens is 2. The van der Waals surface area contributed by atoms with Crippen molar-refractivity contribution in [2.45, 2.75) is 32.8 Å². The lowest BCUT2D eigenvalue weighted by Crippen LogP contribution is -2.37. The highest BCUT2D eigenvalue weighted by molar-refractivity contribution is 9.10. The van der Waals surface area contributed by atoms with Gasteiger partial charge in [0.2, 0.25) is 17.7 Å². The fraction of sp³-hybridized carbons (Fsp3) is 0.250. The van der Waals surface area contributed by atoms with E-state index in [0.717, 1.165) is 40.9 Å². The second-order valence-corrected chi connectivity index (χ2v) is 11.8. The zero-order valence-corrected chi connectivity index (χ0v) is 27.2. The first-order valence-corrected chi connectivity index (χ1v) is 15.5. The van der Waals surface area contributed by atoms with Crippen molar-refractivity contribution in [1.82, 2.24) is 14.7 Å². The van der Waals surface area contributed by atoms with Gasteiger partial charge in [0.25, 0.3) is 0 Å². The number of carbonyl (C=O) groups excluding carboxylic acids is 3. The molecule has 5 rings (SSSR count). The van der Waals surface area contributed by atoms with E-state index in [1.54, 1.807) is 36.2 Å². The van der Waals surface area contributed by atoms with Gasteiger partial charge in [-0.05, 0) is 83.7 Å². The Hall–Kier alpha value is -3.86. The van der Waals surface area contributed by atoms with Crippen LogP contribution in [0.1, 0.15) is 36.1 Å². The van der Waals surface area contributed by atoms with Gasteiger partial charge in [0.15, 0.2) is 11.4 Å². The smallest absolute Gasteiger partial charge is 0.246 e. The molecule has 0 unspecified atom stereocenters. The van der Waals surface area contributed by atoms with Crippen LogP contribution in [-0.2, 0) is 21.0 Å². The fourth-order valence-corrected chi connectivity index (χ4v) is 5.84. The van der Waals surface area contributed by atoms with E-state index in [9.17, 15) is 14.4 Å². The molecule has 1 aliphatic rings. The van der Waals surface area contributed by atoms with Gasteiger partial charge in [-0.1, -0.05) is 35.3 Å². The summed E-state index contributed by atoms with van der Waals surface area (Å²) in [5, 5.41) is 3.27. The molecule has 1 N–H and O–H groups in total. The van der Waals surface area contributed by atoms with Crippen LogP contribution in [0, 0.1) is 6.92 Å². The predicted molar refractivity (Wildman–Crippen MR) is 177 cm³/mol. The van der Waals surface area contributed by atoms with Crippen molar-refractivity contribution < 1.29 is 19.1 Å². The molecule has 44 heavy (non-hydrogen) atoms. The lowest BCUT2D eigenvalue weighted by Gasteiger charge is -2.26. The predicted octanol–water partition coefficient (Wildman–Crippen LogP) is 6.60. The Labute approximate surface area is 273 Å². The number of hydrogen-bond donors (Lipinski definition) is 1. The number of piperidine rings is 1. The molecule has 228 valence electrons. The summed E-state index contributed by atoms with van der Waals surface area (Å²) in [6, 6.07) is 14.4. The van der Waals surface area contributed by atoms with Crippen LogP contribution in [0.3, 0.4) is 0 Å². The molecule has 0 saturated carbocycles. The van der Waals surface area contributed by atoms with Crippen LogP contribution in [0.2, 0.25) is 10.0 Å². The van der Waals surface area contributed by atoms with Gasteiger partial charge in [-0.15, -0.1) is 0 Å². The molecule has 0 spiro atoms. The number of ether oxygens (including phenoxy) is 1. The summed E-state index contributed by atoms with van der Waals surface area (Å²) in [6.07, 6.45) is 7.37. The van der Waals surface area contributed by atoms with E-state index >= 15 is 0 Å². The Morgan fingerprint density at radius 1 is 1.14 bits per heavy atom. The van der Waals surface area contributed by atoms with E-state index in [4.69, 9.17) is 27.9 Å². The molecule has 9 nitrogen and oxygen atoms in total. The van der Waals surface area contributed by atoms with E-state index < -0.39 is 5.91 Å². The highest BCUT2D eigenvalue weighted by atomic mass is 79.9. The quantitative estimate of drug-likeness (QED) is 0.199. The number of carbonyl (C=O) groups is 3. The van der Waals surface area contributed by atoms with Crippen LogP contribution in [-0.4, -0.2) is 47.2 Å². The number of aryl methyl sites for hydroxylation is 1. The summed E-state index contributed by atoms with van der Waals surface area (Å²) in [4.78, 5) is 45.3. The first-order chi connectivity index (χ1) is 21.1. The van der Waals surface area contributed by atoms with E-state index in [1.165, 1.54) is 11.0 Å². The van der Waals surface area contributed by atoms with Crippen molar-refractivity contribution in [2.24, 2.45) is 0 Å². The Kier molecular flexibility index (Phi) is 9.93. The molecule has 0 bridgehead atoms. The summed E-state index contributed by atoms with van der Waals surface area (Å²) in [6.45, 7) is 2.42. The van der Waals surface area contributed by atoms with Crippen molar-refractivity contribution in [1.29, 1.82) is 0 Å². The maximum Gasteiger partial charge on any atom is 0.246 e. The maximum atomic E-state index is 13.0. The number of hydrogen-bond acceptors (Lipinski definition) is 5. The Morgan fingerprint density at radius 2 is 1.91 bits per heavy atom. The standard InChI is InChI=1S/C32H30BrCl2N5O4/c1-20-31(33)40-17-5-6-26(32(40)37-20)44-19-23-24(34)13-14-25(30(23)35)38(2)29(43)18-36-27(41)15-10-21-8-11-22(12-9-21)39-16-4-3-7-28(39)42/h5-6,8-15,17H,3-4,7,16,18-19H2,1-2H3,(H,36,41)/b15-10+. The molecular weight excluding hydrogens is 669 g/mol. The number of fused-ring (bicyclic) bond motifs is 1. The normalized spacial score (nSPS) is 13.5. The average molecular weight is 699 g/mol. The van der Waals surface area contributed by atoms with Gasteiger partial charge in [0.05, 0.1) is 22.9 Å². The molecule has 1 fully saturated rings. The van der Waals surface area contributed by atoms with Crippen LogP contribution in [0.4, 0.5) is 11.4 Å². The lowest BCUT2D eigenvalue weighted by molar-refractivity contribution is -0.122. The Morgan fingerprint density at radius 3 is 2.66 bits per heavy atom. The molecular formula is C32H30BrCl2N5O4. The first kappa shape index (κ1) is 31.6. The number of nitrogens with one attached hydrogen (secondary N) is 1. The van der Waals surface area contributed by atoms with Crippen LogP contribution in [0.15, 0.2) is 65.4 Å². The SMILES string of the molecule is Cc1nc2c(OCc3c(Cl)ccc(N(C)C(=O)CNC(=O)/C=C/c4ccc(N5CCCCC5=O)cc4)c3Cl)cccn2c1Br. The molecule has 3 heterocycles. The minimum absolute atomic E-state index is 0.0492. The number of rotatable bonds is 9. The van der Waals surface area contributed by atoms with Gasteiger partial charge in [-0.3, -0.25) is 18.8 Å². The molecule has 0 radical (unpaired) electrons. The highest BCUT2D eigenvalue weighted by Crippen LogP contribution is 2.35.